The lowest BCUT2D eigenvalue weighted by Crippen LogP contribution is -2.33. The maximum atomic E-state index is 11.7. The predicted molar refractivity (Wildman–Crippen MR) is 69.8 cm³/mol. The van der Waals surface area contributed by atoms with E-state index in [2.05, 4.69) is 22.1 Å². The topological polar surface area (TPSA) is 45.2 Å². The van der Waals surface area contributed by atoms with Crippen molar-refractivity contribution >= 4 is 29.1 Å². The molecule has 0 aliphatic heterocycles. The Kier molecular flexibility index (Phi) is 5.68. The van der Waals surface area contributed by atoms with Gasteiger partial charge in [-0.05, 0) is 25.7 Å². The van der Waals surface area contributed by atoms with Crippen molar-refractivity contribution in [2.45, 2.75) is 6.92 Å². The Balaban J connectivity index is 2.52. The van der Waals surface area contributed by atoms with Gasteiger partial charge in [0.1, 0.15) is 10.3 Å². The molecule has 0 unspecified atom stereocenters. The second-order valence-electron chi connectivity index (χ2n) is 3.62. The van der Waals surface area contributed by atoms with Crippen LogP contribution in [0.1, 0.15) is 17.3 Å². The van der Waals surface area contributed by atoms with Crippen LogP contribution in [0.25, 0.3) is 0 Å². The Morgan fingerprint density at radius 2 is 2.18 bits per heavy atom. The number of pyridine rings is 1. The van der Waals surface area contributed by atoms with Gasteiger partial charge in [0.15, 0.2) is 0 Å². The van der Waals surface area contributed by atoms with Gasteiger partial charge in [-0.1, -0.05) is 30.1 Å². The average molecular weight is 276 g/mol. The highest BCUT2D eigenvalue weighted by Crippen LogP contribution is 2.16. The summed E-state index contributed by atoms with van der Waals surface area (Å²) in [5.74, 6) is -0.233. The van der Waals surface area contributed by atoms with E-state index in [1.165, 1.54) is 0 Å². The number of nitrogens with zero attached hydrogens (tertiary/aromatic N) is 2. The third kappa shape index (κ3) is 4.50. The highest BCUT2D eigenvalue weighted by molar-refractivity contribution is 6.34. The summed E-state index contributed by atoms with van der Waals surface area (Å²) in [5.41, 5.74) is 0.343. The zero-order valence-corrected chi connectivity index (χ0v) is 11.3. The van der Waals surface area contributed by atoms with Crippen molar-refractivity contribution < 1.29 is 4.79 Å². The summed E-state index contributed by atoms with van der Waals surface area (Å²) in [6, 6.07) is 3.11. The zero-order chi connectivity index (χ0) is 12.8. The summed E-state index contributed by atoms with van der Waals surface area (Å²) in [7, 11) is 1.99. The van der Waals surface area contributed by atoms with Crippen LogP contribution >= 0.6 is 23.2 Å². The molecule has 0 aliphatic rings. The van der Waals surface area contributed by atoms with Gasteiger partial charge in [0, 0.05) is 13.1 Å². The standard InChI is InChI=1S/C11H15Cl2N3O/c1-3-16(2)7-6-14-11(17)8-4-5-9(12)15-10(8)13/h4-5H,3,6-7H2,1-2H3,(H,14,17). The fraction of sp³-hybridized carbons (Fsp3) is 0.455. The molecule has 1 heterocycles. The minimum absolute atomic E-state index is 0.124. The molecule has 94 valence electrons. The summed E-state index contributed by atoms with van der Waals surface area (Å²) in [6.45, 7) is 4.37. The van der Waals surface area contributed by atoms with Gasteiger partial charge in [0.25, 0.3) is 5.91 Å². The van der Waals surface area contributed by atoms with Crippen molar-refractivity contribution in [2.24, 2.45) is 0 Å². The Morgan fingerprint density at radius 3 is 2.76 bits per heavy atom. The maximum Gasteiger partial charge on any atom is 0.254 e. The van der Waals surface area contributed by atoms with Crippen molar-refractivity contribution in [3.05, 3.63) is 28.0 Å². The molecule has 0 radical (unpaired) electrons. The van der Waals surface area contributed by atoms with Crippen LogP contribution in [-0.2, 0) is 0 Å². The summed E-state index contributed by atoms with van der Waals surface area (Å²) < 4.78 is 0. The molecule has 1 aromatic heterocycles. The highest BCUT2D eigenvalue weighted by Gasteiger charge is 2.11. The van der Waals surface area contributed by atoms with E-state index in [0.717, 1.165) is 13.1 Å². The van der Waals surface area contributed by atoms with E-state index in [9.17, 15) is 4.79 Å². The van der Waals surface area contributed by atoms with Crippen molar-refractivity contribution in [1.82, 2.24) is 15.2 Å². The van der Waals surface area contributed by atoms with E-state index in [4.69, 9.17) is 23.2 Å². The van der Waals surface area contributed by atoms with Crippen LogP contribution in [-0.4, -0.2) is 42.5 Å². The normalized spacial score (nSPS) is 10.6. The van der Waals surface area contributed by atoms with E-state index in [1.54, 1.807) is 12.1 Å². The molecule has 0 spiro atoms. The fourth-order valence-electron chi connectivity index (χ4n) is 1.20. The molecule has 6 heteroatoms. The van der Waals surface area contributed by atoms with E-state index >= 15 is 0 Å². The third-order valence-corrected chi connectivity index (χ3v) is 2.88. The smallest absolute Gasteiger partial charge is 0.254 e. The number of nitrogens with one attached hydrogen (secondary N) is 1. The number of likely N-dealkylation sites (N-methyl/N-ethyl adjacent to an activating group) is 1. The Hall–Kier alpha value is -0.840. The van der Waals surface area contributed by atoms with Gasteiger partial charge < -0.3 is 10.2 Å². The number of halogens is 2. The number of carbonyl (C=O) groups excluding carboxylic acids is 1. The Morgan fingerprint density at radius 1 is 1.47 bits per heavy atom. The van der Waals surface area contributed by atoms with E-state index in [0.29, 0.717) is 12.1 Å². The summed E-state index contributed by atoms with van der Waals surface area (Å²) in [4.78, 5) is 17.7. The molecule has 1 aromatic rings. The molecule has 0 fully saturated rings. The molecule has 0 atom stereocenters. The summed E-state index contributed by atoms with van der Waals surface area (Å²) in [6.07, 6.45) is 0. The lowest BCUT2D eigenvalue weighted by atomic mass is 10.2. The first-order chi connectivity index (χ1) is 8.04. The fourth-order valence-corrected chi connectivity index (χ4v) is 1.63. The molecule has 17 heavy (non-hydrogen) atoms. The van der Waals surface area contributed by atoms with Crippen molar-refractivity contribution in [3.63, 3.8) is 0 Å². The number of hydrogen-bond donors (Lipinski definition) is 1. The molecule has 0 aromatic carbocycles. The Labute approximate surface area is 111 Å². The molecule has 0 saturated carbocycles. The van der Waals surface area contributed by atoms with Gasteiger partial charge in [-0.3, -0.25) is 4.79 Å². The minimum Gasteiger partial charge on any atom is -0.351 e. The van der Waals surface area contributed by atoms with Crippen LogP contribution < -0.4 is 5.32 Å². The molecular weight excluding hydrogens is 261 g/mol. The first-order valence-electron chi connectivity index (χ1n) is 5.33. The van der Waals surface area contributed by atoms with E-state index in [1.807, 2.05) is 7.05 Å². The molecule has 0 saturated heterocycles. The largest absolute Gasteiger partial charge is 0.351 e. The first-order valence-corrected chi connectivity index (χ1v) is 6.09. The van der Waals surface area contributed by atoms with Gasteiger partial charge in [0.2, 0.25) is 0 Å². The molecule has 0 bridgehead atoms. The molecule has 1 rings (SSSR count). The van der Waals surface area contributed by atoms with Crippen molar-refractivity contribution in [3.8, 4) is 0 Å². The van der Waals surface area contributed by atoms with E-state index < -0.39 is 0 Å². The number of amides is 1. The maximum absolute atomic E-state index is 11.7. The van der Waals surface area contributed by atoms with Gasteiger partial charge in [-0.25, -0.2) is 4.98 Å². The van der Waals surface area contributed by atoms with Crippen molar-refractivity contribution in [1.29, 1.82) is 0 Å². The highest BCUT2D eigenvalue weighted by atomic mass is 35.5. The van der Waals surface area contributed by atoms with Crippen molar-refractivity contribution in [2.75, 3.05) is 26.7 Å². The second kappa shape index (κ2) is 6.79. The molecule has 0 aliphatic carbocycles. The lowest BCUT2D eigenvalue weighted by molar-refractivity contribution is 0.0950. The molecule has 1 amide bonds. The van der Waals surface area contributed by atoms with Gasteiger partial charge in [-0.2, -0.15) is 0 Å². The lowest BCUT2D eigenvalue weighted by Gasteiger charge is -2.14. The molecule has 1 N–H and O–H groups in total. The number of aromatic nitrogens is 1. The van der Waals surface area contributed by atoms with Crippen LogP contribution in [0.4, 0.5) is 0 Å². The SMILES string of the molecule is CCN(C)CCNC(=O)c1ccc(Cl)nc1Cl. The molecule has 4 nitrogen and oxygen atoms in total. The number of hydrogen-bond acceptors (Lipinski definition) is 3. The van der Waals surface area contributed by atoms with Gasteiger partial charge in [0.05, 0.1) is 5.56 Å². The minimum atomic E-state index is -0.233. The second-order valence-corrected chi connectivity index (χ2v) is 4.37. The zero-order valence-electron chi connectivity index (χ0n) is 9.83. The molecular formula is C11H15Cl2N3O. The van der Waals surface area contributed by atoms with Gasteiger partial charge in [-0.15, -0.1) is 0 Å². The summed E-state index contributed by atoms with van der Waals surface area (Å²) >= 11 is 11.5. The quantitative estimate of drug-likeness (QED) is 0.837. The van der Waals surface area contributed by atoms with Crippen LogP contribution in [0.2, 0.25) is 10.3 Å². The van der Waals surface area contributed by atoms with E-state index in [-0.39, 0.29) is 16.2 Å². The third-order valence-electron chi connectivity index (χ3n) is 2.38. The number of carbonyl (C=O) groups is 1. The van der Waals surface area contributed by atoms with Crippen LogP contribution in [0, 0.1) is 0 Å². The summed E-state index contributed by atoms with van der Waals surface area (Å²) in [5, 5.41) is 3.18. The van der Waals surface area contributed by atoms with Crippen LogP contribution in [0.5, 0.6) is 0 Å². The number of rotatable bonds is 5. The predicted octanol–water partition coefficient (Wildman–Crippen LogP) is 2.07. The van der Waals surface area contributed by atoms with Gasteiger partial charge >= 0.3 is 0 Å². The van der Waals surface area contributed by atoms with Crippen LogP contribution in [0.15, 0.2) is 12.1 Å². The Bertz CT molecular complexity index is 398. The monoisotopic (exact) mass is 275 g/mol. The van der Waals surface area contributed by atoms with Crippen LogP contribution in [0.3, 0.4) is 0 Å². The average Bonchev–Trinajstić information content (AvgIpc) is 2.28. The first kappa shape index (κ1) is 14.2.